The first-order valence-corrected chi connectivity index (χ1v) is 15.7. The lowest BCUT2D eigenvalue weighted by Crippen LogP contribution is -2.10. The quantitative estimate of drug-likeness (QED) is 0.106. The fourth-order valence-corrected chi connectivity index (χ4v) is 6.29. The van der Waals surface area contributed by atoms with Gasteiger partial charge >= 0.3 is 0 Å². The molecule has 7 heteroatoms. The Kier molecular flexibility index (Phi) is 8.40. The number of para-hydroxylation sites is 1. The van der Waals surface area contributed by atoms with Gasteiger partial charge in [-0.3, -0.25) is 4.55 Å². The molecule has 1 unspecified atom stereocenters. The summed E-state index contributed by atoms with van der Waals surface area (Å²) in [5.74, 6) is 0.790. The summed E-state index contributed by atoms with van der Waals surface area (Å²) in [5.41, 5.74) is 8.45. The van der Waals surface area contributed by atoms with Gasteiger partial charge in [0.1, 0.15) is 16.2 Å². The molecule has 0 radical (unpaired) electrons. The highest BCUT2D eigenvalue weighted by molar-refractivity contribution is 7.86. The summed E-state index contributed by atoms with van der Waals surface area (Å²) in [5, 5.41) is 5.00. The molecule has 1 aliphatic carbocycles. The summed E-state index contributed by atoms with van der Waals surface area (Å²) < 4.78 is 41.6. The molecule has 2 N–H and O–H groups in total. The number of nitrogens with zero attached hydrogens (tertiary/aromatic N) is 1. The Labute approximate surface area is 253 Å². The maximum absolute atomic E-state index is 12.5. The van der Waals surface area contributed by atoms with Crippen LogP contribution in [0.2, 0.25) is 0 Å². The van der Waals surface area contributed by atoms with Gasteiger partial charge in [0.15, 0.2) is 0 Å². The SMILES string of the molecule is C=CCC(C)C(Nc1ccc2c(-c3ccccc3S(=O)(=O)O)c3ccc(=Nc4c(C)cccc4C)cc-3oc2c1)=C(C)C. The van der Waals surface area contributed by atoms with Crippen LogP contribution in [-0.4, -0.2) is 13.0 Å². The van der Waals surface area contributed by atoms with Crippen molar-refractivity contribution in [2.75, 3.05) is 5.32 Å². The van der Waals surface area contributed by atoms with E-state index in [4.69, 9.17) is 9.41 Å². The zero-order valence-electron chi connectivity index (χ0n) is 25.1. The highest BCUT2D eigenvalue weighted by Gasteiger charge is 2.23. The van der Waals surface area contributed by atoms with Gasteiger partial charge in [0, 0.05) is 45.6 Å². The molecule has 6 nitrogen and oxygen atoms in total. The van der Waals surface area contributed by atoms with E-state index >= 15 is 0 Å². The molecule has 0 fully saturated rings. The fraction of sp³-hybridized carbons (Fsp3) is 0.194. The smallest absolute Gasteiger partial charge is 0.295 e. The minimum Gasteiger partial charge on any atom is -0.456 e. The lowest BCUT2D eigenvalue weighted by molar-refractivity contribution is 0.483. The third kappa shape index (κ3) is 6.19. The van der Waals surface area contributed by atoms with Crippen LogP contribution >= 0.6 is 0 Å². The molecule has 43 heavy (non-hydrogen) atoms. The molecule has 5 rings (SSSR count). The van der Waals surface area contributed by atoms with E-state index in [1.807, 2.05) is 74.5 Å². The Morgan fingerprint density at radius 3 is 2.37 bits per heavy atom. The predicted molar refractivity (Wildman–Crippen MR) is 175 cm³/mol. The Morgan fingerprint density at radius 2 is 1.70 bits per heavy atom. The minimum absolute atomic E-state index is 0.166. The van der Waals surface area contributed by atoms with Crippen molar-refractivity contribution in [3.05, 3.63) is 119 Å². The van der Waals surface area contributed by atoms with Crippen LogP contribution in [0.3, 0.4) is 0 Å². The van der Waals surface area contributed by atoms with Crippen LogP contribution in [0.5, 0.6) is 0 Å². The van der Waals surface area contributed by atoms with Crippen molar-refractivity contribution in [2.24, 2.45) is 10.9 Å². The van der Waals surface area contributed by atoms with Crippen LogP contribution in [-0.2, 0) is 10.1 Å². The van der Waals surface area contributed by atoms with E-state index in [1.165, 1.54) is 11.6 Å². The molecule has 0 spiro atoms. The summed E-state index contributed by atoms with van der Waals surface area (Å²) in [4.78, 5) is 4.75. The molecule has 0 bridgehead atoms. The van der Waals surface area contributed by atoms with Crippen molar-refractivity contribution in [2.45, 2.75) is 45.9 Å². The van der Waals surface area contributed by atoms with Gasteiger partial charge in [-0.1, -0.05) is 55.0 Å². The van der Waals surface area contributed by atoms with E-state index < -0.39 is 10.1 Å². The molecule has 0 aromatic heterocycles. The van der Waals surface area contributed by atoms with Crippen LogP contribution in [0.4, 0.5) is 11.4 Å². The molecule has 3 aromatic carbocycles. The van der Waals surface area contributed by atoms with Crippen molar-refractivity contribution in [3.8, 4) is 22.5 Å². The fourth-order valence-electron chi connectivity index (χ4n) is 5.59. The van der Waals surface area contributed by atoms with Gasteiger partial charge in [0.05, 0.1) is 11.0 Å². The largest absolute Gasteiger partial charge is 0.456 e. The normalized spacial score (nSPS) is 12.8. The molecule has 0 saturated heterocycles. The van der Waals surface area contributed by atoms with Crippen molar-refractivity contribution < 1.29 is 17.4 Å². The topological polar surface area (TPSA) is 91.9 Å². The highest BCUT2D eigenvalue weighted by Crippen LogP contribution is 2.43. The number of benzene rings is 4. The molecule has 3 aromatic rings. The predicted octanol–water partition coefficient (Wildman–Crippen LogP) is 9.22. The zero-order chi connectivity index (χ0) is 30.9. The Hall–Kier alpha value is -4.46. The Bertz CT molecular complexity index is 2010. The summed E-state index contributed by atoms with van der Waals surface area (Å²) in [6, 6.07) is 24.0. The summed E-state index contributed by atoms with van der Waals surface area (Å²) in [6.45, 7) is 14.3. The van der Waals surface area contributed by atoms with Crippen LogP contribution in [0.25, 0.3) is 33.4 Å². The van der Waals surface area contributed by atoms with Crippen molar-refractivity contribution in [3.63, 3.8) is 0 Å². The second kappa shape index (κ2) is 12.0. The number of aryl methyl sites for hydroxylation is 2. The third-order valence-electron chi connectivity index (χ3n) is 7.65. The number of anilines is 1. The van der Waals surface area contributed by atoms with Crippen LogP contribution in [0.1, 0.15) is 38.3 Å². The Balaban J connectivity index is 1.79. The monoisotopic (exact) mass is 592 g/mol. The van der Waals surface area contributed by atoms with Gasteiger partial charge < -0.3 is 9.73 Å². The number of rotatable bonds is 8. The van der Waals surface area contributed by atoms with E-state index in [1.54, 1.807) is 18.2 Å². The van der Waals surface area contributed by atoms with Gasteiger partial charge in [-0.2, -0.15) is 8.42 Å². The lowest BCUT2D eigenvalue weighted by Gasteiger charge is -2.21. The number of hydrogen-bond donors (Lipinski definition) is 2. The van der Waals surface area contributed by atoms with E-state index in [9.17, 15) is 13.0 Å². The first-order chi connectivity index (χ1) is 20.5. The van der Waals surface area contributed by atoms with Crippen LogP contribution < -0.4 is 10.7 Å². The lowest BCUT2D eigenvalue weighted by atomic mass is 9.93. The molecular formula is C36H36N2O4S. The second-order valence-corrected chi connectivity index (χ2v) is 12.5. The molecule has 0 amide bonds. The zero-order valence-corrected chi connectivity index (χ0v) is 25.9. The maximum Gasteiger partial charge on any atom is 0.295 e. The van der Waals surface area contributed by atoms with Crippen LogP contribution in [0.15, 0.2) is 117 Å². The summed E-state index contributed by atoms with van der Waals surface area (Å²) in [7, 11) is -4.50. The van der Waals surface area contributed by atoms with E-state index in [2.05, 4.69) is 32.7 Å². The highest BCUT2D eigenvalue weighted by atomic mass is 32.2. The van der Waals surface area contributed by atoms with Crippen molar-refractivity contribution in [1.82, 2.24) is 0 Å². The molecule has 0 saturated carbocycles. The second-order valence-electron chi connectivity index (χ2n) is 11.2. The standard InChI is InChI=1S/C36H36N2O4S/c1-7-11-23(4)35(22(2)3)37-26-16-18-28-31(20-26)42-32-21-27(38-36-24(5)12-10-13-25(36)6)17-19-29(32)34(28)30-14-8-9-15-33(30)43(39,40)41/h7-10,12-21,23,37H,1,11H2,2-6H3,(H,39,40,41). The van der Waals surface area contributed by atoms with Crippen molar-refractivity contribution >= 4 is 32.5 Å². The number of fused-ring (bicyclic) bond motifs is 2. The molecule has 1 atom stereocenters. The van der Waals surface area contributed by atoms with E-state index in [0.29, 0.717) is 38.8 Å². The molecule has 2 aliphatic rings. The molecule has 1 aliphatic heterocycles. The minimum atomic E-state index is -4.50. The average Bonchev–Trinajstić information content (AvgIpc) is 2.96. The van der Waals surface area contributed by atoms with Gasteiger partial charge in [-0.25, -0.2) is 4.99 Å². The van der Waals surface area contributed by atoms with Gasteiger partial charge in [-0.15, -0.1) is 6.58 Å². The number of nitrogens with one attached hydrogen (secondary N) is 1. The maximum atomic E-state index is 12.5. The van der Waals surface area contributed by atoms with Gasteiger partial charge in [0.25, 0.3) is 10.1 Å². The van der Waals surface area contributed by atoms with Crippen LogP contribution in [0, 0.1) is 19.8 Å². The molecule has 1 heterocycles. The van der Waals surface area contributed by atoms with Gasteiger partial charge in [0.2, 0.25) is 0 Å². The molecular weight excluding hydrogens is 556 g/mol. The Morgan fingerprint density at radius 1 is 0.977 bits per heavy atom. The van der Waals surface area contributed by atoms with E-state index in [0.717, 1.165) is 34.6 Å². The number of allylic oxidation sites excluding steroid dienone is 3. The van der Waals surface area contributed by atoms with Crippen molar-refractivity contribution in [1.29, 1.82) is 0 Å². The average molecular weight is 593 g/mol. The molecule has 220 valence electrons. The first-order valence-electron chi connectivity index (χ1n) is 14.2. The third-order valence-corrected chi connectivity index (χ3v) is 8.56. The van der Waals surface area contributed by atoms with E-state index in [-0.39, 0.29) is 10.8 Å². The summed E-state index contributed by atoms with van der Waals surface area (Å²) >= 11 is 0. The van der Waals surface area contributed by atoms with Gasteiger partial charge in [-0.05, 0) is 81.5 Å². The first kappa shape index (κ1) is 30.0. The summed E-state index contributed by atoms with van der Waals surface area (Å²) in [6.07, 6.45) is 2.75. The number of hydrogen-bond acceptors (Lipinski definition) is 5.